The van der Waals surface area contributed by atoms with Crippen LogP contribution in [0.3, 0.4) is 0 Å². The number of rotatable bonds is 21. The van der Waals surface area contributed by atoms with Crippen molar-refractivity contribution in [2.24, 2.45) is 0 Å². The van der Waals surface area contributed by atoms with Gasteiger partial charge >= 0.3 is 0 Å². The normalized spacial score (nSPS) is 12.2. The average molecular weight is 526 g/mol. The number of benzene rings is 1. The Morgan fingerprint density at radius 1 is 0.750 bits per heavy atom. The predicted molar refractivity (Wildman–Crippen MR) is 149 cm³/mol. The highest BCUT2D eigenvalue weighted by atomic mass is 32.2. The van der Waals surface area contributed by atoms with Crippen LogP contribution in [0.25, 0.3) is 0 Å². The van der Waals surface area contributed by atoms with Gasteiger partial charge in [0.25, 0.3) is 15.8 Å². The molecule has 1 aromatic rings. The summed E-state index contributed by atoms with van der Waals surface area (Å²) < 4.78 is 30.0. The summed E-state index contributed by atoms with van der Waals surface area (Å²) in [5, 5.41) is 11.5. The molecule has 0 unspecified atom stereocenters. The van der Waals surface area contributed by atoms with E-state index < -0.39 is 20.6 Å². The van der Waals surface area contributed by atoms with Crippen molar-refractivity contribution in [1.82, 2.24) is 0 Å². The van der Waals surface area contributed by atoms with E-state index in [4.69, 9.17) is 4.18 Å². The molecule has 1 rings (SSSR count). The van der Waals surface area contributed by atoms with Gasteiger partial charge in [0.15, 0.2) is 0 Å². The van der Waals surface area contributed by atoms with E-state index in [0.717, 1.165) is 25.3 Å². The zero-order valence-corrected chi connectivity index (χ0v) is 24.2. The van der Waals surface area contributed by atoms with Gasteiger partial charge < -0.3 is 0 Å². The quantitative estimate of drug-likeness (QED) is 0.0690. The second-order valence-corrected chi connectivity index (χ2v) is 12.7. The molecule has 0 atom stereocenters. The van der Waals surface area contributed by atoms with Gasteiger partial charge in [-0.05, 0) is 39.7 Å². The van der Waals surface area contributed by atoms with Crippen LogP contribution in [0.1, 0.15) is 142 Å². The Labute approximate surface area is 220 Å². The van der Waals surface area contributed by atoms with Crippen LogP contribution in [0.2, 0.25) is 0 Å². The second kappa shape index (κ2) is 17.9. The standard InChI is InChI=1S/C29H51NO5S/c1-5-6-7-8-9-10-11-12-13-14-15-16-17-18-19-20-21-22-26-23-24-27(25-28(26)30(31)32)36(33,34)35-29(2,3)4/h23-25H,5-22H2,1-4H3. The van der Waals surface area contributed by atoms with Crippen LogP contribution >= 0.6 is 0 Å². The van der Waals surface area contributed by atoms with Crippen LogP contribution in [0.4, 0.5) is 5.69 Å². The maximum atomic E-state index is 12.4. The van der Waals surface area contributed by atoms with Crippen molar-refractivity contribution in [3.63, 3.8) is 0 Å². The van der Waals surface area contributed by atoms with Gasteiger partial charge in [-0.1, -0.05) is 116 Å². The molecule has 208 valence electrons. The molecule has 0 aliphatic heterocycles. The van der Waals surface area contributed by atoms with E-state index in [0.29, 0.717) is 12.0 Å². The van der Waals surface area contributed by atoms with E-state index in [-0.39, 0.29) is 10.6 Å². The number of aryl methyl sites for hydroxylation is 1. The lowest BCUT2D eigenvalue weighted by Crippen LogP contribution is -2.24. The molecule has 0 saturated carbocycles. The number of hydrogen-bond acceptors (Lipinski definition) is 5. The lowest BCUT2D eigenvalue weighted by molar-refractivity contribution is -0.385. The fourth-order valence-corrected chi connectivity index (χ4v) is 5.74. The Kier molecular flexibility index (Phi) is 16.2. The van der Waals surface area contributed by atoms with E-state index >= 15 is 0 Å². The molecule has 0 amide bonds. The highest BCUT2D eigenvalue weighted by Gasteiger charge is 2.26. The Hall–Kier alpha value is -1.47. The minimum Gasteiger partial charge on any atom is -0.261 e. The van der Waals surface area contributed by atoms with Crippen LogP contribution in [0, 0.1) is 10.1 Å². The van der Waals surface area contributed by atoms with Crippen LogP contribution < -0.4 is 0 Å². The summed E-state index contributed by atoms with van der Waals surface area (Å²) in [6.07, 6.45) is 22.6. The fraction of sp³-hybridized carbons (Fsp3) is 0.793. The van der Waals surface area contributed by atoms with Crippen LogP contribution in [-0.4, -0.2) is 18.9 Å². The Morgan fingerprint density at radius 3 is 1.56 bits per heavy atom. The maximum Gasteiger partial charge on any atom is 0.297 e. The summed E-state index contributed by atoms with van der Waals surface area (Å²) in [5.41, 5.74) is -0.472. The lowest BCUT2D eigenvalue weighted by atomic mass is 10.0. The highest BCUT2D eigenvalue weighted by Crippen LogP contribution is 2.28. The summed E-state index contributed by atoms with van der Waals surface area (Å²) in [6, 6.07) is 4.10. The first-order valence-corrected chi connectivity index (χ1v) is 15.7. The third-order valence-corrected chi connectivity index (χ3v) is 8.00. The van der Waals surface area contributed by atoms with E-state index in [1.165, 1.54) is 96.0 Å². The van der Waals surface area contributed by atoms with Gasteiger partial charge in [0.05, 0.1) is 10.5 Å². The van der Waals surface area contributed by atoms with Gasteiger partial charge in [0, 0.05) is 11.6 Å². The van der Waals surface area contributed by atoms with Crippen LogP contribution in [0.15, 0.2) is 23.1 Å². The number of nitro groups is 1. The van der Waals surface area contributed by atoms with Crippen molar-refractivity contribution in [2.75, 3.05) is 0 Å². The third-order valence-electron chi connectivity index (χ3n) is 6.45. The number of nitro benzene ring substituents is 1. The highest BCUT2D eigenvalue weighted by molar-refractivity contribution is 7.86. The molecule has 0 bridgehead atoms. The van der Waals surface area contributed by atoms with Crippen molar-refractivity contribution in [3.8, 4) is 0 Å². The minimum absolute atomic E-state index is 0.148. The summed E-state index contributed by atoms with van der Waals surface area (Å²) in [5.74, 6) is 0. The zero-order valence-electron chi connectivity index (χ0n) is 23.4. The summed E-state index contributed by atoms with van der Waals surface area (Å²) in [7, 11) is -4.05. The van der Waals surface area contributed by atoms with Crippen molar-refractivity contribution in [1.29, 1.82) is 0 Å². The Balaban J connectivity index is 2.19. The first-order chi connectivity index (χ1) is 17.1. The molecule has 0 radical (unpaired) electrons. The fourth-order valence-electron chi connectivity index (χ4n) is 4.50. The van der Waals surface area contributed by atoms with Crippen molar-refractivity contribution in [3.05, 3.63) is 33.9 Å². The van der Waals surface area contributed by atoms with Crippen molar-refractivity contribution >= 4 is 15.8 Å². The van der Waals surface area contributed by atoms with Gasteiger partial charge in [-0.2, -0.15) is 8.42 Å². The molecule has 0 saturated heterocycles. The molecule has 0 aromatic heterocycles. The number of nitrogens with zero attached hydrogens (tertiary/aromatic N) is 1. The molecule has 0 fully saturated rings. The second-order valence-electron chi connectivity index (χ2n) is 11.1. The number of hydrogen-bond donors (Lipinski definition) is 0. The SMILES string of the molecule is CCCCCCCCCCCCCCCCCCCc1ccc(S(=O)(=O)OC(C)(C)C)cc1[N+](=O)[O-]. The average Bonchev–Trinajstić information content (AvgIpc) is 2.79. The summed E-state index contributed by atoms with van der Waals surface area (Å²) >= 11 is 0. The van der Waals surface area contributed by atoms with E-state index in [9.17, 15) is 18.5 Å². The Bertz CT molecular complexity index is 846. The molecule has 0 aliphatic carbocycles. The van der Waals surface area contributed by atoms with Gasteiger partial charge in [-0.25, -0.2) is 0 Å². The molecule has 7 heteroatoms. The van der Waals surface area contributed by atoms with Gasteiger partial charge in [-0.3, -0.25) is 14.3 Å². The van der Waals surface area contributed by atoms with Crippen LogP contribution in [0.5, 0.6) is 0 Å². The molecule has 0 heterocycles. The lowest BCUT2D eigenvalue weighted by Gasteiger charge is -2.18. The first kappa shape index (κ1) is 32.6. The van der Waals surface area contributed by atoms with E-state index in [1.807, 2.05) is 0 Å². The minimum atomic E-state index is -4.05. The maximum absolute atomic E-state index is 12.4. The molecule has 1 aromatic carbocycles. The van der Waals surface area contributed by atoms with E-state index in [2.05, 4.69) is 6.92 Å². The monoisotopic (exact) mass is 525 g/mol. The summed E-state index contributed by atoms with van der Waals surface area (Å²) in [6.45, 7) is 7.16. The first-order valence-electron chi connectivity index (χ1n) is 14.3. The predicted octanol–water partition coefficient (Wildman–Crippen LogP) is 9.29. The van der Waals surface area contributed by atoms with Crippen molar-refractivity contribution < 1.29 is 17.5 Å². The molecular weight excluding hydrogens is 474 g/mol. The molecule has 36 heavy (non-hydrogen) atoms. The van der Waals surface area contributed by atoms with Gasteiger partial charge in [0.2, 0.25) is 0 Å². The molecule has 0 N–H and O–H groups in total. The third kappa shape index (κ3) is 14.9. The largest absolute Gasteiger partial charge is 0.297 e. The van der Waals surface area contributed by atoms with Gasteiger partial charge in [-0.15, -0.1) is 0 Å². The zero-order chi connectivity index (χ0) is 26.9. The molecular formula is C29H51NO5S. The van der Waals surface area contributed by atoms with Gasteiger partial charge in [0.1, 0.15) is 4.90 Å². The Morgan fingerprint density at radius 2 is 1.17 bits per heavy atom. The smallest absolute Gasteiger partial charge is 0.261 e. The van der Waals surface area contributed by atoms with E-state index in [1.54, 1.807) is 26.8 Å². The number of unbranched alkanes of at least 4 members (excludes halogenated alkanes) is 16. The summed E-state index contributed by atoms with van der Waals surface area (Å²) in [4.78, 5) is 10.9. The topological polar surface area (TPSA) is 86.5 Å². The molecule has 6 nitrogen and oxygen atoms in total. The molecule has 0 spiro atoms. The van der Waals surface area contributed by atoms with Crippen molar-refractivity contribution in [2.45, 2.75) is 154 Å². The van der Waals surface area contributed by atoms with Crippen LogP contribution in [-0.2, 0) is 20.7 Å². The molecule has 0 aliphatic rings.